The van der Waals surface area contributed by atoms with Gasteiger partial charge in [-0.1, -0.05) is 0 Å². The van der Waals surface area contributed by atoms with Crippen molar-refractivity contribution in [2.45, 2.75) is 51.1 Å². The molecule has 1 unspecified atom stereocenters. The number of carbonyl (C=O) groups is 1. The Kier molecular flexibility index (Phi) is 4.26. The molecule has 8 nitrogen and oxygen atoms in total. The van der Waals surface area contributed by atoms with E-state index in [2.05, 4.69) is 15.4 Å². The second-order valence-corrected chi connectivity index (χ2v) is 6.98. The van der Waals surface area contributed by atoms with E-state index in [1.807, 2.05) is 6.07 Å². The third-order valence-corrected chi connectivity index (χ3v) is 5.29. The van der Waals surface area contributed by atoms with Gasteiger partial charge in [-0.05, 0) is 43.7 Å². The van der Waals surface area contributed by atoms with Crippen molar-refractivity contribution in [3.8, 4) is 5.88 Å². The Labute approximate surface area is 151 Å². The third-order valence-electron chi connectivity index (χ3n) is 5.29. The Balaban J connectivity index is 1.50. The fraction of sp³-hybridized carbons (Fsp3) is 0.556. The van der Waals surface area contributed by atoms with Crippen LogP contribution in [0.4, 0.5) is 0 Å². The van der Waals surface area contributed by atoms with Gasteiger partial charge in [0.15, 0.2) is 0 Å². The van der Waals surface area contributed by atoms with E-state index < -0.39 is 0 Å². The van der Waals surface area contributed by atoms with Crippen LogP contribution in [0.1, 0.15) is 46.7 Å². The lowest BCUT2D eigenvalue weighted by Gasteiger charge is -2.17. The van der Waals surface area contributed by atoms with Gasteiger partial charge < -0.3 is 10.1 Å². The Bertz CT molecular complexity index is 914. The van der Waals surface area contributed by atoms with Crippen molar-refractivity contribution >= 4 is 5.91 Å². The van der Waals surface area contributed by atoms with Crippen LogP contribution < -0.4 is 15.7 Å². The van der Waals surface area contributed by atoms with Gasteiger partial charge in [-0.15, -0.1) is 0 Å². The number of carbonyl (C=O) groups excluding carboxylic acids is 1. The zero-order valence-electron chi connectivity index (χ0n) is 15.1. The molecule has 4 rings (SSSR count). The molecule has 1 atom stereocenters. The molecule has 0 spiro atoms. The summed E-state index contributed by atoms with van der Waals surface area (Å²) in [5.41, 5.74) is 2.57. The highest BCUT2D eigenvalue weighted by Crippen LogP contribution is 2.26. The van der Waals surface area contributed by atoms with Crippen LogP contribution in [0.2, 0.25) is 0 Å². The van der Waals surface area contributed by atoms with E-state index in [0.717, 1.165) is 42.8 Å². The number of ether oxygens (including phenoxy) is 1. The summed E-state index contributed by atoms with van der Waals surface area (Å²) < 4.78 is 8.41. The largest absolute Gasteiger partial charge is 0.480 e. The number of rotatable bonds is 3. The molecule has 1 amide bonds. The Morgan fingerprint density at radius 3 is 2.96 bits per heavy atom. The van der Waals surface area contributed by atoms with Gasteiger partial charge in [-0.2, -0.15) is 5.10 Å². The van der Waals surface area contributed by atoms with Crippen LogP contribution in [0, 0.1) is 0 Å². The van der Waals surface area contributed by atoms with Gasteiger partial charge in [0.1, 0.15) is 11.4 Å². The second-order valence-electron chi connectivity index (χ2n) is 6.98. The lowest BCUT2D eigenvalue weighted by Crippen LogP contribution is -2.36. The van der Waals surface area contributed by atoms with E-state index in [0.29, 0.717) is 30.8 Å². The van der Waals surface area contributed by atoms with Gasteiger partial charge in [-0.3, -0.25) is 9.36 Å². The number of nitrogens with one attached hydrogen (secondary N) is 1. The normalized spacial score (nSPS) is 18.8. The van der Waals surface area contributed by atoms with Gasteiger partial charge in [0.2, 0.25) is 5.88 Å². The summed E-state index contributed by atoms with van der Waals surface area (Å²) in [4.78, 5) is 29.4. The van der Waals surface area contributed by atoms with Gasteiger partial charge in [-0.25, -0.2) is 14.5 Å². The third kappa shape index (κ3) is 2.89. The van der Waals surface area contributed by atoms with Gasteiger partial charge in [0.25, 0.3) is 5.91 Å². The van der Waals surface area contributed by atoms with Crippen LogP contribution in [0.15, 0.2) is 10.9 Å². The number of amides is 1. The average Bonchev–Trinajstić information content (AvgIpc) is 3.14. The first-order valence-corrected chi connectivity index (χ1v) is 9.07. The minimum atomic E-state index is -0.165. The number of aromatic nitrogens is 4. The topological polar surface area (TPSA) is 91.0 Å². The first-order valence-electron chi connectivity index (χ1n) is 9.07. The van der Waals surface area contributed by atoms with E-state index >= 15 is 0 Å². The zero-order chi connectivity index (χ0) is 18.3. The highest BCUT2D eigenvalue weighted by atomic mass is 16.5. The maximum atomic E-state index is 12.8. The lowest BCUT2D eigenvalue weighted by molar-refractivity contribution is 0.0929. The van der Waals surface area contributed by atoms with E-state index in [1.54, 1.807) is 18.7 Å². The first kappa shape index (κ1) is 16.8. The maximum Gasteiger partial charge on any atom is 0.345 e. The Hall–Kier alpha value is -2.64. The number of nitrogens with zero attached hydrogens (tertiary/aromatic N) is 4. The molecular formula is C18H23N5O3. The van der Waals surface area contributed by atoms with Crippen LogP contribution in [-0.4, -0.2) is 38.4 Å². The number of hydrogen-bond donors (Lipinski definition) is 1. The monoisotopic (exact) mass is 357 g/mol. The first-order chi connectivity index (χ1) is 12.6. The minimum Gasteiger partial charge on any atom is -0.480 e. The molecule has 8 heteroatoms. The molecule has 0 radical (unpaired) electrons. The average molecular weight is 357 g/mol. The Morgan fingerprint density at radius 2 is 2.15 bits per heavy atom. The second kappa shape index (κ2) is 6.59. The van der Waals surface area contributed by atoms with E-state index in [4.69, 9.17) is 4.74 Å². The maximum absolute atomic E-state index is 12.8. The van der Waals surface area contributed by atoms with Gasteiger partial charge in [0, 0.05) is 31.7 Å². The van der Waals surface area contributed by atoms with Gasteiger partial charge >= 0.3 is 5.69 Å². The quantitative estimate of drug-likeness (QED) is 0.869. The van der Waals surface area contributed by atoms with Gasteiger partial charge in [0.05, 0.1) is 7.11 Å². The van der Waals surface area contributed by atoms with Crippen molar-refractivity contribution in [1.82, 2.24) is 24.6 Å². The lowest BCUT2D eigenvalue weighted by atomic mass is 10.1. The SMILES string of the molecule is COc1nc2c(cc1C(=O)NC1CCc3nn(C)c(=O)n3CC1)CCC2. The molecule has 3 heterocycles. The standard InChI is InChI=1S/C18H23N5O3/c1-22-18(25)23-9-8-12(6-7-15(23)21-22)19-16(24)13-10-11-4-3-5-14(11)20-17(13)26-2/h10,12H,3-9H2,1-2H3,(H,19,24). The number of methoxy groups -OCH3 is 1. The number of fused-ring (bicyclic) bond motifs is 2. The highest BCUT2D eigenvalue weighted by Gasteiger charge is 2.25. The highest BCUT2D eigenvalue weighted by molar-refractivity contribution is 5.96. The van der Waals surface area contributed by atoms with Crippen LogP contribution in [0.5, 0.6) is 5.88 Å². The molecule has 0 aromatic carbocycles. The number of pyridine rings is 1. The van der Waals surface area contributed by atoms with Crippen LogP contribution in [0.3, 0.4) is 0 Å². The fourth-order valence-electron chi connectivity index (χ4n) is 3.88. The molecule has 26 heavy (non-hydrogen) atoms. The van der Waals surface area contributed by atoms with E-state index in [1.165, 1.54) is 4.68 Å². The van der Waals surface area contributed by atoms with Crippen molar-refractivity contribution in [1.29, 1.82) is 0 Å². The molecule has 138 valence electrons. The molecule has 1 N–H and O–H groups in total. The summed E-state index contributed by atoms with van der Waals surface area (Å²) in [5, 5.41) is 7.36. The number of aryl methyl sites for hydroxylation is 4. The molecule has 1 aliphatic heterocycles. The molecule has 0 saturated heterocycles. The molecular weight excluding hydrogens is 334 g/mol. The van der Waals surface area contributed by atoms with Crippen molar-refractivity contribution in [3.63, 3.8) is 0 Å². The molecule has 0 saturated carbocycles. The Morgan fingerprint density at radius 1 is 1.31 bits per heavy atom. The molecule has 2 aliphatic rings. The fourth-order valence-corrected chi connectivity index (χ4v) is 3.88. The predicted molar refractivity (Wildman–Crippen MR) is 94.5 cm³/mol. The smallest absolute Gasteiger partial charge is 0.345 e. The summed E-state index contributed by atoms with van der Waals surface area (Å²) in [6.07, 6.45) is 5.09. The van der Waals surface area contributed by atoms with E-state index in [-0.39, 0.29) is 17.6 Å². The molecule has 2 aromatic rings. The van der Waals surface area contributed by atoms with Crippen molar-refractivity contribution in [2.24, 2.45) is 7.05 Å². The molecule has 0 fully saturated rings. The van der Waals surface area contributed by atoms with E-state index in [9.17, 15) is 9.59 Å². The van der Waals surface area contributed by atoms with Crippen molar-refractivity contribution in [3.05, 3.63) is 39.2 Å². The van der Waals surface area contributed by atoms with Crippen molar-refractivity contribution in [2.75, 3.05) is 7.11 Å². The summed E-state index contributed by atoms with van der Waals surface area (Å²) in [7, 11) is 3.21. The minimum absolute atomic E-state index is 0.00753. The summed E-state index contributed by atoms with van der Waals surface area (Å²) in [5.74, 6) is 1.01. The number of hydrogen-bond acceptors (Lipinski definition) is 5. The molecule has 0 bridgehead atoms. The molecule has 1 aliphatic carbocycles. The van der Waals surface area contributed by atoms with Crippen molar-refractivity contribution < 1.29 is 9.53 Å². The summed E-state index contributed by atoms with van der Waals surface area (Å²) in [6.45, 7) is 0.562. The predicted octanol–water partition coefficient (Wildman–Crippen LogP) is 0.609. The van der Waals surface area contributed by atoms with Crippen LogP contribution in [-0.2, 0) is 32.9 Å². The van der Waals surface area contributed by atoms with Crippen LogP contribution >= 0.6 is 0 Å². The zero-order valence-corrected chi connectivity index (χ0v) is 15.1. The summed E-state index contributed by atoms with van der Waals surface area (Å²) >= 11 is 0. The summed E-state index contributed by atoms with van der Waals surface area (Å²) in [6, 6.07) is 1.91. The van der Waals surface area contributed by atoms with Crippen LogP contribution in [0.25, 0.3) is 0 Å². The molecule has 2 aromatic heterocycles.